The van der Waals surface area contributed by atoms with Gasteiger partial charge in [-0.05, 0) is 30.5 Å². The first-order valence-electron chi connectivity index (χ1n) is 5.70. The molecule has 94 valence electrons. The van der Waals surface area contributed by atoms with E-state index in [1.165, 1.54) is 0 Å². The normalized spacial score (nSPS) is 10.3. The number of H-pyrrole nitrogens is 1. The lowest BCUT2D eigenvalue weighted by molar-refractivity contribution is 0.0954. The summed E-state index contributed by atoms with van der Waals surface area (Å²) in [5.74, 6) is 0.835. The summed E-state index contributed by atoms with van der Waals surface area (Å²) in [6.07, 6.45) is 6.21. The topological polar surface area (TPSA) is 57.8 Å². The quantitative estimate of drug-likeness (QED) is 0.810. The molecule has 0 fully saturated rings. The molecule has 1 heterocycles. The van der Waals surface area contributed by atoms with Gasteiger partial charge in [0.25, 0.3) is 5.91 Å². The van der Waals surface area contributed by atoms with Gasteiger partial charge in [-0.25, -0.2) is 4.98 Å². The van der Waals surface area contributed by atoms with Gasteiger partial charge in [-0.1, -0.05) is 0 Å². The molecule has 2 rings (SSSR count). The standard InChI is InChI=1S/C13H15N3OS/c1-18-11-4-2-10(3-5-11)13(17)16-7-6-12-14-8-9-15-12/h2-5,8-9H,6-7H2,1H3,(H,14,15)(H,16,17). The van der Waals surface area contributed by atoms with E-state index < -0.39 is 0 Å². The smallest absolute Gasteiger partial charge is 0.251 e. The number of hydrogen-bond acceptors (Lipinski definition) is 3. The number of thioether (sulfide) groups is 1. The SMILES string of the molecule is CSc1ccc(C(=O)NCCc2ncc[nH]2)cc1. The maximum Gasteiger partial charge on any atom is 0.251 e. The van der Waals surface area contributed by atoms with Crippen LogP contribution in [0.3, 0.4) is 0 Å². The maximum absolute atomic E-state index is 11.8. The Balaban J connectivity index is 1.83. The molecule has 0 saturated carbocycles. The van der Waals surface area contributed by atoms with Crippen molar-refractivity contribution in [1.82, 2.24) is 15.3 Å². The molecular formula is C13H15N3OS. The molecule has 0 spiro atoms. The van der Waals surface area contributed by atoms with Crippen LogP contribution in [0.1, 0.15) is 16.2 Å². The highest BCUT2D eigenvalue weighted by Crippen LogP contribution is 2.14. The summed E-state index contributed by atoms with van der Waals surface area (Å²) in [6.45, 7) is 0.580. The van der Waals surface area contributed by atoms with Gasteiger partial charge in [0.2, 0.25) is 0 Å². The lowest BCUT2D eigenvalue weighted by atomic mass is 10.2. The predicted octanol–water partition coefficient (Wildman–Crippen LogP) is 2.10. The summed E-state index contributed by atoms with van der Waals surface area (Å²) >= 11 is 1.66. The summed E-state index contributed by atoms with van der Waals surface area (Å²) in [5, 5.41) is 2.87. The lowest BCUT2D eigenvalue weighted by Gasteiger charge is -2.04. The second kappa shape index (κ2) is 6.26. The molecule has 5 heteroatoms. The van der Waals surface area contributed by atoms with Crippen molar-refractivity contribution >= 4 is 17.7 Å². The van der Waals surface area contributed by atoms with Crippen LogP contribution in [-0.2, 0) is 6.42 Å². The zero-order chi connectivity index (χ0) is 12.8. The van der Waals surface area contributed by atoms with E-state index in [4.69, 9.17) is 0 Å². The minimum Gasteiger partial charge on any atom is -0.352 e. The number of amides is 1. The van der Waals surface area contributed by atoms with Gasteiger partial charge in [0.15, 0.2) is 0 Å². The molecular weight excluding hydrogens is 246 g/mol. The van der Waals surface area contributed by atoms with Crippen molar-refractivity contribution in [1.29, 1.82) is 0 Å². The largest absolute Gasteiger partial charge is 0.352 e. The second-order valence-corrected chi connectivity index (χ2v) is 4.65. The molecule has 0 atom stereocenters. The summed E-state index contributed by atoms with van der Waals surface area (Å²) in [7, 11) is 0. The third-order valence-electron chi connectivity index (χ3n) is 2.55. The van der Waals surface area contributed by atoms with Crippen LogP contribution in [-0.4, -0.2) is 28.7 Å². The fraction of sp³-hybridized carbons (Fsp3) is 0.231. The first-order chi connectivity index (χ1) is 8.79. The van der Waals surface area contributed by atoms with E-state index in [0.717, 1.165) is 10.7 Å². The first kappa shape index (κ1) is 12.7. The molecule has 4 nitrogen and oxygen atoms in total. The Morgan fingerprint density at radius 3 is 2.78 bits per heavy atom. The minimum absolute atomic E-state index is 0.0470. The van der Waals surface area contributed by atoms with Crippen LogP contribution in [0.5, 0.6) is 0 Å². The van der Waals surface area contributed by atoms with Crippen molar-refractivity contribution < 1.29 is 4.79 Å². The van der Waals surface area contributed by atoms with Crippen molar-refractivity contribution in [3.63, 3.8) is 0 Å². The molecule has 0 saturated heterocycles. The molecule has 1 aromatic heterocycles. The van der Waals surface area contributed by atoms with E-state index in [0.29, 0.717) is 18.5 Å². The zero-order valence-corrected chi connectivity index (χ0v) is 11.0. The summed E-state index contributed by atoms with van der Waals surface area (Å²) in [6, 6.07) is 7.58. The van der Waals surface area contributed by atoms with Crippen molar-refractivity contribution in [3.05, 3.63) is 48.0 Å². The van der Waals surface area contributed by atoms with Gasteiger partial charge in [0, 0.05) is 35.8 Å². The van der Waals surface area contributed by atoms with Gasteiger partial charge >= 0.3 is 0 Å². The monoisotopic (exact) mass is 261 g/mol. The Morgan fingerprint density at radius 2 is 2.17 bits per heavy atom. The van der Waals surface area contributed by atoms with E-state index in [9.17, 15) is 4.79 Å². The molecule has 2 aromatic rings. The Bertz CT molecular complexity index is 493. The highest BCUT2D eigenvalue weighted by atomic mass is 32.2. The molecule has 0 aliphatic carbocycles. The van der Waals surface area contributed by atoms with Gasteiger partial charge in [-0.15, -0.1) is 11.8 Å². The van der Waals surface area contributed by atoms with Crippen molar-refractivity contribution in [2.24, 2.45) is 0 Å². The van der Waals surface area contributed by atoms with E-state index in [2.05, 4.69) is 15.3 Å². The Hall–Kier alpha value is -1.75. The van der Waals surface area contributed by atoms with Crippen LogP contribution >= 0.6 is 11.8 Å². The third-order valence-corrected chi connectivity index (χ3v) is 3.30. The van der Waals surface area contributed by atoms with Gasteiger partial charge < -0.3 is 10.3 Å². The minimum atomic E-state index is -0.0470. The third kappa shape index (κ3) is 3.37. The number of imidazole rings is 1. The molecule has 0 aliphatic heterocycles. The maximum atomic E-state index is 11.8. The van der Waals surface area contributed by atoms with Crippen LogP contribution in [0.25, 0.3) is 0 Å². The second-order valence-electron chi connectivity index (χ2n) is 3.77. The van der Waals surface area contributed by atoms with Crippen LogP contribution in [0, 0.1) is 0 Å². The van der Waals surface area contributed by atoms with Gasteiger partial charge in [-0.2, -0.15) is 0 Å². The van der Waals surface area contributed by atoms with E-state index >= 15 is 0 Å². The Morgan fingerprint density at radius 1 is 1.39 bits per heavy atom. The summed E-state index contributed by atoms with van der Waals surface area (Å²) < 4.78 is 0. The van der Waals surface area contributed by atoms with E-state index in [1.54, 1.807) is 24.2 Å². The van der Waals surface area contributed by atoms with Crippen LogP contribution in [0.15, 0.2) is 41.6 Å². The fourth-order valence-electron chi connectivity index (χ4n) is 1.57. The van der Waals surface area contributed by atoms with Gasteiger partial charge in [0.05, 0.1) is 0 Å². The number of carbonyl (C=O) groups is 1. The number of nitrogens with one attached hydrogen (secondary N) is 2. The molecule has 0 unspecified atom stereocenters. The summed E-state index contributed by atoms with van der Waals surface area (Å²) in [4.78, 5) is 20.1. The highest BCUT2D eigenvalue weighted by molar-refractivity contribution is 7.98. The molecule has 2 N–H and O–H groups in total. The average molecular weight is 261 g/mol. The van der Waals surface area contributed by atoms with Crippen molar-refractivity contribution in [2.75, 3.05) is 12.8 Å². The Labute approximate surface area is 110 Å². The lowest BCUT2D eigenvalue weighted by Crippen LogP contribution is -2.25. The number of carbonyl (C=O) groups excluding carboxylic acids is 1. The van der Waals surface area contributed by atoms with Crippen molar-refractivity contribution in [3.8, 4) is 0 Å². The Kier molecular flexibility index (Phi) is 4.41. The highest BCUT2D eigenvalue weighted by Gasteiger charge is 2.04. The number of aromatic amines is 1. The molecule has 0 radical (unpaired) electrons. The van der Waals surface area contributed by atoms with Gasteiger partial charge in [-0.3, -0.25) is 4.79 Å². The number of hydrogen-bond donors (Lipinski definition) is 2. The van der Waals surface area contributed by atoms with E-state index in [-0.39, 0.29) is 5.91 Å². The molecule has 0 aliphatic rings. The number of aromatic nitrogens is 2. The average Bonchev–Trinajstić information content (AvgIpc) is 2.92. The van der Waals surface area contributed by atoms with Gasteiger partial charge in [0.1, 0.15) is 5.82 Å². The number of nitrogens with zero attached hydrogens (tertiary/aromatic N) is 1. The zero-order valence-electron chi connectivity index (χ0n) is 10.1. The predicted molar refractivity (Wildman–Crippen MR) is 72.8 cm³/mol. The number of benzene rings is 1. The fourth-order valence-corrected chi connectivity index (χ4v) is 1.98. The van der Waals surface area contributed by atoms with Crippen LogP contribution in [0.4, 0.5) is 0 Å². The van der Waals surface area contributed by atoms with Crippen molar-refractivity contribution in [2.45, 2.75) is 11.3 Å². The molecule has 1 amide bonds. The molecule has 0 bridgehead atoms. The first-order valence-corrected chi connectivity index (χ1v) is 6.92. The molecule has 1 aromatic carbocycles. The van der Waals surface area contributed by atoms with Crippen LogP contribution in [0.2, 0.25) is 0 Å². The van der Waals surface area contributed by atoms with E-state index in [1.807, 2.05) is 30.5 Å². The number of rotatable bonds is 5. The summed E-state index contributed by atoms with van der Waals surface area (Å²) in [5.41, 5.74) is 0.687. The van der Waals surface area contributed by atoms with Crippen LogP contribution < -0.4 is 5.32 Å². The molecule has 18 heavy (non-hydrogen) atoms.